The molecule has 0 aliphatic carbocycles. The Balaban J connectivity index is 1.73. The van der Waals surface area contributed by atoms with Gasteiger partial charge in [0.1, 0.15) is 23.2 Å². The summed E-state index contributed by atoms with van der Waals surface area (Å²) in [5.74, 6) is 0.683. The summed E-state index contributed by atoms with van der Waals surface area (Å²) in [6.07, 6.45) is 1.45. The van der Waals surface area contributed by atoms with E-state index in [4.69, 9.17) is 4.42 Å². The SMILES string of the molecule is N#C/C(=C\c1ccc(-c2cccc(Br)c2)o1)C(=O)NCc1ccccc1. The van der Waals surface area contributed by atoms with Gasteiger partial charge in [-0.2, -0.15) is 5.26 Å². The molecule has 1 N–H and O–H groups in total. The highest BCUT2D eigenvalue weighted by Crippen LogP contribution is 2.25. The fourth-order valence-corrected chi connectivity index (χ4v) is 2.79. The van der Waals surface area contributed by atoms with Gasteiger partial charge in [-0.05, 0) is 29.8 Å². The number of nitrogens with zero attached hydrogens (tertiary/aromatic N) is 1. The molecule has 0 atom stereocenters. The number of amides is 1. The van der Waals surface area contributed by atoms with E-state index in [1.807, 2.05) is 66.7 Å². The standard InChI is InChI=1S/C21H15BrN2O2/c22-18-8-4-7-16(11-18)20-10-9-19(26-20)12-17(13-23)21(25)24-14-15-5-2-1-3-6-15/h1-12H,14H2,(H,24,25)/b17-12+. The summed E-state index contributed by atoms with van der Waals surface area (Å²) < 4.78 is 6.69. The van der Waals surface area contributed by atoms with Gasteiger partial charge in [0.15, 0.2) is 0 Å². The van der Waals surface area contributed by atoms with Crippen molar-refractivity contribution in [3.8, 4) is 17.4 Å². The minimum atomic E-state index is -0.434. The molecular formula is C21H15BrN2O2. The summed E-state index contributed by atoms with van der Waals surface area (Å²) >= 11 is 3.42. The van der Waals surface area contributed by atoms with Gasteiger partial charge in [-0.15, -0.1) is 0 Å². The molecule has 0 saturated heterocycles. The van der Waals surface area contributed by atoms with E-state index in [1.165, 1.54) is 6.08 Å². The van der Waals surface area contributed by atoms with E-state index in [1.54, 1.807) is 6.07 Å². The molecule has 0 aliphatic heterocycles. The molecule has 1 heterocycles. The maximum absolute atomic E-state index is 12.2. The second-order valence-electron chi connectivity index (χ2n) is 5.55. The molecule has 128 valence electrons. The predicted molar refractivity (Wildman–Crippen MR) is 104 cm³/mol. The number of halogens is 1. The van der Waals surface area contributed by atoms with Crippen LogP contribution >= 0.6 is 15.9 Å². The lowest BCUT2D eigenvalue weighted by atomic mass is 10.2. The Bertz CT molecular complexity index is 985. The highest BCUT2D eigenvalue weighted by Gasteiger charge is 2.11. The molecule has 2 aromatic carbocycles. The average Bonchev–Trinajstić information content (AvgIpc) is 3.14. The van der Waals surface area contributed by atoms with E-state index in [-0.39, 0.29) is 5.57 Å². The topological polar surface area (TPSA) is 66.0 Å². The van der Waals surface area contributed by atoms with Crippen molar-refractivity contribution in [1.82, 2.24) is 5.32 Å². The first kappa shape index (κ1) is 17.7. The molecule has 1 amide bonds. The Labute approximate surface area is 159 Å². The third-order valence-electron chi connectivity index (χ3n) is 3.68. The Morgan fingerprint density at radius 2 is 1.92 bits per heavy atom. The molecule has 3 rings (SSSR count). The van der Waals surface area contributed by atoms with Crippen molar-refractivity contribution in [3.63, 3.8) is 0 Å². The summed E-state index contributed by atoms with van der Waals surface area (Å²) in [5, 5.41) is 12.0. The van der Waals surface area contributed by atoms with E-state index in [2.05, 4.69) is 21.2 Å². The van der Waals surface area contributed by atoms with Crippen LogP contribution in [0.3, 0.4) is 0 Å². The van der Waals surface area contributed by atoms with E-state index < -0.39 is 5.91 Å². The van der Waals surface area contributed by atoms with Crippen LogP contribution in [0.1, 0.15) is 11.3 Å². The number of benzene rings is 2. The number of hydrogen-bond donors (Lipinski definition) is 1. The van der Waals surface area contributed by atoms with Crippen molar-refractivity contribution in [2.24, 2.45) is 0 Å². The first-order valence-electron chi connectivity index (χ1n) is 7.95. The molecule has 0 bridgehead atoms. The molecule has 0 saturated carbocycles. The Kier molecular flexibility index (Phi) is 5.67. The number of nitrogens with one attached hydrogen (secondary N) is 1. The summed E-state index contributed by atoms with van der Waals surface area (Å²) in [6.45, 7) is 0.361. The smallest absolute Gasteiger partial charge is 0.262 e. The summed E-state index contributed by atoms with van der Waals surface area (Å²) in [4.78, 5) is 12.2. The largest absolute Gasteiger partial charge is 0.457 e. The van der Waals surface area contributed by atoms with E-state index in [9.17, 15) is 10.1 Å². The zero-order chi connectivity index (χ0) is 18.4. The summed E-state index contributed by atoms with van der Waals surface area (Å²) in [7, 11) is 0. The molecule has 0 spiro atoms. The van der Waals surface area contributed by atoms with Crippen LogP contribution in [0, 0.1) is 11.3 Å². The lowest BCUT2D eigenvalue weighted by molar-refractivity contribution is -0.117. The molecule has 3 aromatic rings. The first-order valence-corrected chi connectivity index (χ1v) is 8.75. The van der Waals surface area contributed by atoms with E-state index in [0.717, 1.165) is 15.6 Å². The lowest BCUT2D eigenvalue weighted by Crippen LogP contribution is -2.23. The number of carbonyl (C=O) groups excluding carboxylic acids is 1. The Morgan fingerprint density at radius 1 is 1.12 bits per heavy atom. The quantitative estimate of drug-likeness (QED) is 0.482. The fraction of sp³-hybridized carbons (Fsp3) is 0.0476. The Morgan fingerprint density at radius 3 is 2.65 bits per heavy atom. The number of rotatable bonds is 5. The zero-order valence-corrected chi connectivity index (χ0v) is 15.4. The highest BCUT2D eigenvalue weighted by molar-refractivity contribution is 9.10. The van der Waals surface area contributed by atoms with Crippen LogP contribution in [0.5, 0.6) is 0 Å². The zero-order valence-electron chi connectivity index (χ0n) is 13.8. The van der Waals surface area contributed by atoms with Gasteiger partial charge in [-0.1, -0.05) is 58.4 Å². The van der Waals surface area contributed by atoms with E-state index >= 15 is 0 Å². The molecule has 1 aromatic heterocycles. The fourth-order valence-electron chi connectivity index (χ4n) is 2.39. The molecular weight excluding hydrogens is 392 g/mol. The van der Waals surface area contributed by atoms with Gasteiger partial charge in [0.25, 0.3) is 5.91 Å². The number of hydrogen-bond acceptors (Lipinski definition) is 3. The molecule has 0 fully saturated rings. The van der Waals surface area contributed by atoms with Crippen molar-refractivity contribution in [2.45, 2.75) is 6.54 Å². The van der Waals surface area contributed by atoms with Gasteiger partial charge in [-0.25, -0.2) is 0 Å². The van der Waals surface area contributed by atoms with Crippen molar-refractivity contribution in [2.75, 3.05) is 0 Å². The number of nitriles is 1. The van der Waals surface area contributed by atoms with Crippen molar-refractivity contribution >= 4 is 27.9 Å². The molecule has 5 heteroatoms. The maximum Gasteiger partial charge on any atom is 0.262 e. The molecule has 0 radical (unpaired) electrons. The van der Waals surface area contributed by atoms with Crippen LogP contribution in [0.2, 0.25) is 0 Å². The van der Waals surface area contributed by atoms with Crippen LogP contribution in [0.15, 0.2) is 81.2 Å². The first-order chi connectivity index (χ1) is 12.7. The van der Waals surface area contributed by atoms with Crippen molar-refractivity contribution in [3.05, 3.63) is 88.1 Å². The minimum absolute atomic E-state index is 0.00364. The van der Waals surface area contributed by atoms with Crippen molar-refractivity contribution in [1.29, 1.82) is 5.26 Å². The number of furan rings is 1. The van der Waals surface area contributed by atoms with Gasteiger partial charge in [0, 0.05) is 22.7 Å². The average molecular weight is 407 g/mol. The van der Waals surface area contributed by atoms with Gasteiger partial charge in [0.05, 0.1) is 0 Å². The maximum atomic E-state index is 12.2. The second-order valence-corrected chi connectivity index (χ2v) is 6.47. The molecule has 0 aliphatic rings. The van der Waals surface area contributed by atoms with Crippen LogP contribution in [0.25, 0.3) is 17.4 Å². The van der Waals surface area contributed by atoms with E-state index in [0.29, 0.717) is 18.1 Å². The van der Waals surface area contributed by atoms with Crippen molar-refractivity contribution < 1.29 is 9.21 Å². The minimum Gasteiger partial charge on any atom is -0.457 e. The third-order valence-corrected chi connectivity index (χ3v) is 4.18. The second kappa shape index (κ2) is 8.32. The Hall–Kier alpha value is -3.10. The van der Waals surface area contributed by atoms with Gasteiger partial charge in [0.2, 0.25) is 0 Å². The van der Waals surface area contributed by atoms with Crippen LogP contribution < -0.4 is 5.32 Å². The summed E-state index contributed by atoms with van der Waals surface area (Å²) in [5.41, 5.74) is 1.87. The molecule has 26 heavy (non-hydrogen) atoms. The lowest BCUT2D eigenvalue weighted by Gasteiger charge is -2.03. The molecule has 4 nitrogen and oxygen atoms in total. The number of carbonyl (C=O) groups is 1. The van der Waals surface area contributed by atoms with Gasteiger partial charge >= 0.3 is 0 Å². The monoisotopic (exact) mass is 406 g/mol. The van der Waals surface area contributed by atoms with Crippen LogP contribution in [0.4, 0.5) is 0 Å². The highest BCUT2D eigenvalue weighted by atomic mass is 79.9. The van der Waals surface area contributed by atoms with Crippen LogP contribution in [-0.2, 0) is 11.3 Å². The van der Waals surface area contributed by atoms with Gasteiger partial charge < -0.3 is 9.73 Å². The molecule has 0 unspecified atom stereocenters. The van der Waals surface area contributed by atoms with Crippen LogP contribution in [-0.4, -0.2) is 5.91 Å². The third kappa shape index (κ3) is 4.50. The van der Waals surface area contributed by atoms with Gasteiger partial charge in [-0.3, -0.25) is 4.79 Å². The summed E-state index contributed by atoms with van der Waals surface area (Å²) in [6, 6.07) is 22.7. The predicted octanol–water partition coefficient (Wildman–Crippen LogP) is 4.93. The normalized spacial score (nSPS) is 11.0.